The predicted molar refractivity (Wildman–Crippen MR) is 71.7 cm³/mol. The van der Waals surface area contributed by atoms with Gasteiger partial charge < -0.3 is 10.1 Å². The van der Waals surface area contributed by atoms with Crippen molar-refractivity contribution in [3.8, 4) is 0 Å². The van der Waals surface area contributed by atoms with E-state index in [4.69, 9.17) is 0 Å². The first-order valence-electron chi connectivity index (χ1n) is 5.68. The van der Waals surface area contributed by atoms with Crippen molar-refractivity contribution in [3.63, 3.8) is 0 Å². The lowest BCUT2D eigenvalue weighted by molar-refractivity contribution is -0.140. The molecule has 0 saturated carbocycles. The highest BCUT2D eigenvalue weighted by Gasteiger charge is 2.23. The summed E-state index contributed by atoms with van der Waals surface area (Å²) in [6, 6.07) is 5.43. The maximum atomic E-state index is 12.2. The van der Waals surface area contributed by atoms with Crippen molar-refractivity contribution in [1.82, 2.24) is 9.62 Å². The molecule has 0 bridgehead atoms. The van der Waals surface area contributed by atoms with Gasteiger partial charge in [-0.1, -0.05) is 0 Å². The number of methoxy groups -OCH3 is 1. The average molecular weight is 300 g/mol. The van der Waals surface area contributed by atoms with Gasteiger partial charge in [0.05, 0.1) is 12.0 Å². The summed E-state index contributed by atoms with van der Waals surface area (Å²) in [5.41, 5.74) is 0.349. The lowest BCUT2D eigenvalue weighted by atomic mass is 10.2. The molecular weight excluding hydrogens is 284 g/mol. The number of benzene rings is 1. The Bertz CT molecular complexity index is 595. The van der Waals surface area contributed by atoms with Crippen LogP contribution in [0.3, 0.4) is 0 Å². The summed E-state index contributed by atoms with van der Waals surface area (Å²) in [4.78, 5) is 22.5. The fourth-order valence-electron chi connectivity index (χ4n) is 1.43. The number of sulfonamides is 1. The molecule has 110 valence electrons. The second kappa shape index (κ2) is 6.49. The van der Waals surface area contributed by atoms with Crippen LogP contribution in [0.15, 0.2) is 29.2 Å². The van der Waals surface area contributed by atoms with Crippen LogP contribution in [-0.4, -0.2) is 52.3 Å². The second-order valence-corrected chi connectivity index (χ2v) is 5.99. The Balaban J connectivity index is 2.98. The molecule has 0 saturated heterocycles. The molecule has 1 aromatic rings. The summed E-state index contributed by atoms with van der Waals surface area (Å²) in [7, 11) is 0.149. The van der Waals surface area contributed by atoms with Crippen molar-refractivity contribution in [3.05, 3.63) is 29.8 Å². The normalized spacial score (nSPS) is 11.2. The Hall–Kier alpha value is -1.93. The maximum Gasteiger partial charge on any atom is 0.321 e. The van der Waals surface area contributed by atoms with Crippen molar-refractivity contribution >= 4 is 21.9 Å². The first-order valence-corrected chi connectivity index (χ1v) is 7.12. The van der Waals surface area contributed by atoms with Crippen LogP contribution < -0.4 is 5.32 Å². The van der Waals surface area contributed by atoms with Gasteiger partial charge in [0.25, 0.3) is 5.91 Å². The zero-order chi connectivity index (χ0) is 15.3. The van der Waals surface area contributed by atoms with Crippen LogP contribution in [0.25, 0.3) is 0 Å². The van der Waals surface area contributed by atoms with E-state index in [9.17, 15) is 18.0 Å². The van der Waals surface area contributed by atoms with E-state index in [0.29, 0.717) is 5.56 Å². The molecule has 0 aliphatic rings. The van der Waals surface area contributed by atoms with Crippen molar-refractivity contribution < 1.29 is 22.7 Å². The Labute approximate surface area is 117 Å². The number of ether oxygens (including phenoxy) is 1. The fraction of sp³-hybridized carbons (Fsp3) is 0.333. The highest BCUT2D eigenvalue weighted by molar-refractivity contribution is 7.89. The zero-order valence-electron chi connectivity index (χ0n) is 11.4. The van der Waals surface area contributed by atoms with Crippen LogP contribution in [0.4, 0.5) is 0 Å². The first-order chi connectivity index (χ1) is 9.32. The largest absolute Gasteiger partial charge is 0.468 e. The molecule has 0 aromatic heterocycles. The standard InChI is InChI=1S/C12H16N2O5S/c1-13-12(16)9-4-6-10(7-5-9)20(17,18)14(2)8-11(15)19-3/h4-7H,8H2,1-3H3,(H,13,16). The molecule has 0 aliphatic carbocycles. The third kappa shape index (κ3) is 3.55. The van der Waals surface area contributed by atoms with Gasteiger partial charge in [0.2, 0.25) is 10.0 Å². The van der Waals surface area contributed by atoms with E-state index in [1.807, 2.05) is 0 Å². The summed E-state index contributed by atoms with van der Waals surface area (Å²) < 4.78 is 29.6. The van der Waals surface area contributed by atoms with E-state index >= 15 is 0 Å². The Morgan fingerprint density at radius 1 is 1.25 bits per heavy atom. The predicted octanol–water partition coefficient (Wildman–Crippen LogP) is -0.160. The van der Waals surface area contributed by atoms with Gasteiger partial charge in [0, 0.05) is 19.7 Å². The van der Waals surface area contributed by atoms with E-state index in [2.05, 4.69) is 10.1 Å². The summed E-state index contributed by atoms with van der Waals surface area (Å²) >= 11 is 0. The molecule has 0 atom stereocenters. The highest BCUT2D eigenvalue weighted by atomic mass is 32.2. The molecule has 0 heterocycles. The van der Waals surface area contributed by atoms with E-state index in [1.165, 1.54) is 45.5 Å². The van der Waals surface area contributed by atoms with Gasteiger partial charge in [-0.05, 0) is 24.3 Å². The average Bonchev–Trinajstić information content (AvgIpc) is 2.46. The molecule has 0 spiro atoms. The number of nitrogens with zero attached hydrogens (tertiary/aromatic N) is 1. The monoisotopic (exact) mass is 300 g/mol. The van der Waals surface area contributed by atoms with Crippen LogP contribution in [0, 0.1) is 0 Å². The fourth-order valence-corrected chi connectivity index (χ4v) is 2.55. The molecule has 0 radical (unpaired) electrons. The highest BCUT2D eigenvalue weighted by Crippen LogP contribution is 2.15. The number of nitrogens with one attached hydrogen (secondary N) is 1. The Kier molecular flexibility index (Phi) is 5.23. The number of likely N-dealkylation sites (N-methyl/N-ethyl adjacent to an activating group) is 1. The lowest BCUT2D eigenvalue weighted by Gasteiger charge is -2.15. The molecule has 1 N–H and O–H groups in total. The minimum absolute atomic E-state index is 0.00319. The quantitative estimate of drug-likeness (QED) is 0.763. The van der Waals surface area contributed by atoms with Gasteiger partial charge in [-0.3, -0.25) is 9.59 Å². The molecule has 8 heteroatoms. The molecule has 7 nitrogen and oxygen atoms in total. The molecule has 1 amide bonds. The molecule has 1 rings (SSSR count). The lowest BCUT2D eigenvalue weighted by Crippen LogP contribution is -2.32. The molecule has 20 heavy (non-hydrogen) atoms. The van der Waals surface area contributed by atoms with Gasteiger partial charge in [-0.25, -0.2) is 8.42 Å². The van der Waals surface area contributed by atoms with E-state index in [1.54, 1.807) is 0 Å². The second-order valence-electron chi connectivity index (χ2n) is 3.94. The number of carbonyl (C=O) groups excluding carboxylic acids is 2. The van der Waals surface area contributed by atoms with Crippen LogP contribution in [0.2, 0.25) is 0 Å². The number of carbonyl (C=O) groups is 2. The van der Waals surface area contributed by atoms with E-state index < -0.39 is 16.0 Å². The number of rotatable bonds is 5. The maximum absolute atomic E-state index is 12.2. The van der Waals surface area contributed by atoms with Gasteiger partial charge in [-0.2, -0.15) is 4.31 Å². The Morgan fingerprint density at radius 3 is 2.25 bits per heavy atom. The number of esters is 1. The van der Waals surface area contributed by atoms with Crippen molar-refractivity contribution in [2.45, 2.75) is 4.90 Å². The van der Waals surface area contributed by atoms with Crippen LogP contribution in [0.1, 0.15) is 10.4 Å². The van der Waals surface area contributed by atoms with E-state index in [-0.39, 0.29) is 17.3 Å². The van der Waals surface area contributed by atoms with Gasteiger partial charge in [0.15, 0.2) is 0 Å². The molecule has 0 unspecified atom stereocenters. The third-order valence-corrected chi connectivity index (χ3v) is 4.45. The van der Waals surface area contributed by atoms with Gasteiger partial charge in [0.1, 0.15) is 6.54 Å². The zero-order valence-corrected chi connectivity index (χ0v) is 12.2. The summed E-state index contributed by atoms with van der Waals surface area (Å²) in [6.45, 7) is -0.379. The summed E-state index contributed by atoms with van der Waals surface area (Å²) in [6.07, 6.45) is 0. The molecule has 1 aromatic carbocycles. The SMILES string of the molecule is CNC(=O)c1ccc(S(=O)(=O)N(C)CC(=O)OC)cc1. The van der Waals surface area contributed by atoms with Crippen LogP contribution >= 0.6 is 0 Å². The topological polar surface area (TPSA) is 92.8 Å². The summed E-state index contributed by atoms with van der Waals surface area (Å²) in [5.74, 6) is -0.963. The van der Waals surface area contributed by atoms with Crippen LogP contribution in [0.5, 0.6) is 0 Å². The molecular formula is C12H16N2O5S. The van der Waals surface area contributed by atoms with Crippen LogP contribution in [-0.2, 0) is 19.6 Å². The van der Waals surface area contributed by atoms with Crippen molar-refractivity contribution in [1.29, 1.82) is 0 Å². The Morgan fingerprint density at radius 2 is 1.80 bits per heavy atom. The minimum Gasteiger partial charge on any atom is -0.468 e. The number of amides is 1. The smallest absolute Gasteiger partial charge is 0.321 e. The first kappa shape index (κ1) is 16.1. The number of hydrogen-bond donors (Lipinski definition) is 1. The van der Waals surface area contributed by atoms with Crippen molar-refractivity contribution in [2.24, 2.45) is 0 Å². The molecule has 0 fully saturated rings. The van der Waals surface area contributed by atoms with Gasteiger partial charge >= 0.3 is 5.97 Å². The number of hydrogen-bond acceptors (Lipinski definition) is 5. The minimum atomic E-state index is -3.79. The third-order valence-electron chi connectivity index (χ3n) is 2.63. The van der Waals surface area contributed by atoms with Gasteiger partial charge in [-0.15, -0.1) is 0 Å². The molecule has 0 aliphatic heterocycles. The summed E-state index contributed by atoms with van der Waals surface area (Å²) in [5, 5.41) is 2.44. The van der Waals surface area contributed by atoms with E-state index in [0.717, 1.165) is 4.31 Å². The van der Waals surface area contributed by atoms with Crippen molar-refractivity contribution in [2.75, 3.05) is 27.7 Å².